The fourth-order valence-corrected chi connectivity index (χ4v) is 2.93. The SMILES string of the molecule is COC(=O)c1ccccc1NC(=O)COC(=O)c1ccc(OC[C@H]2CCCO2)cc1. The Labute approximate surface area is 174 Å². The largest absolute Gasteiger partial charge is 0.491 e. The molecule has 1 atom stereocenters. The van der Waals surface area contributed by atoms with E-state index in [1.54, 1.807) is 42.5 Å². The molecule has 3 rings (SSSR count). The number of ether oxygens (including phenoxy) is 4. The summed E-state index contributed by atoms with van der Waals surface area (Å²) in [5.74, 6) is -1.17. The molecule has 8 nitrogen and oxygen atoms in total. The molecule has 0 saturated carbocycles. The molecule has 0 radical (unpaired) electrons. The summed E-state index contributed by atoms with van der Waals surface area (Å²) in [4.78, 5) is 36.0. The number of nitrogens with one attached hydrogen (secondary N) is 1. The maximum absolute atomic E-state index is 12.2. The van der Waals surface area contributed by atoms with Gasteiger partial charge in [-0.05, 0) is 49.2 Å². The molecule has 0 aliphatic carbocycles. The number of benzene rings is 2. The van der Waals surface area contributed by atoms with Gasteiger partial charge in [0.25, 0.3) is 5.91 Å². The Morgan fingerprint density at radius 3 is 2.53 bits per heavy atom. The topological polar surface area (TPSA) is 100 Å². The van der Waals surface area contributed by atoms with E-state index in [2.05, 4.69) is 10.1 Å². The fourth-order valence-electron chi connectivity index (χ4n) is 2.93. The number of carbonyl (C=O) groups excluding carboxylic acids is 3. The van der Waals surface area contributed by atoms with Crippen molar-refractivity contribution in [2.45, 2.75) is 18.9 Å². The zero-order valence-corrected chi connectivity index (χ0v) is 16.6. The first-order valence-corrected chi connectivity index (χ1v) is 9.55. The zero-order valence-electron chi connectivity index (χ0n) is 16.6. The van der Waals surface area contributed by atoms with Gasteiger partial charge < -0.3 is 24.3 Å². The van der Waals surface area contributed by atoms with Crippen LogP contribution >= 0.6 is 0 Å². The van der Waals surface area contributed by atoms with E-state index in [0.29, 0.717) is 17.9 Å². The quantitative estimate of drug-likeness (QED) is 0.664. The van der Waals surface area contributed by atoms with Gasteiger partial charge in [0.1, 0.15) is 12.4 Å². The standard InChI is InChI=1S/C22H23NO7/c1-27-22(26)18-6-2-3-7-19(18)23-20(24)14-30-21(25)15-8-10-16(11-9-15)29-13-17-5-4-12-28-17/h2-3,6-11,17H,4-5,12-14H2,1H3,(H,23,24)/t17-/m1/s1. The predicted molar refractivity (Wildman–Crippen MR) is 108 cm³/mol. The van der Waals surface area contributed by atoms with Gasteiger partial charge in [-0.15, -0.1) is 0 Å². The van der Waals surface area contributed by atoms with Gasteiger partial charge in [-0.2, -0.15) is 0 Å². The highest BCUT2D eigenvalue weighted by Gasteiger charge is 2.17. The molecule has 158 valence electrons. The van der Waals surface area contributed by atoms with Crippen LogP contribution in [0.15, 0.2) is 48.5 Å². The van der Waals surface area contributed by atoms with Crippen molar-refractivity contribution in [1.29, 1.82) is 0 Å². The summed E-state index contributed by atoms with van der Waals surface area (Å²) in [7, 11) is 1.25. The minimum absolute atomic E-state index is 0.109. The van der Waals surface area contributed by atoms with E-state index < -0.39 is 24.5 Å². The summed E-state index contributed by atoms with van der Waals surface area (Å²) in [6, 6.07) is 12.9. The first kappa shape index (κ1) is 21.3. The molecule has 1 saturated heterocycles. The van der Waals surface area contributed by atoms with Crippen molar-refractivity contribution >= 4 is 23.5 Å². The maximum atomic E-state index is 12.2. The van der Waals surface area contributed by atoms with E-state index in [0.717, 1.165) is 19.4 Å². The minimum atomic E-state index is -0.642. The highest BCUT2D eigenvalue weighted by molar-refractivity contribution is 6.02. The monoisotopic (exact) mass is 413 g/mol. The zero-order chi connectivity index (χ0) is 21.3. The van der Waals surface area contributed by atoms with Crippen LogP contribution in [-0.2, 0) is 19.0 Å². The van der Waals surface area contributed by atoms with Crippen LogP contribution in [0.2, 0.25) is 0 Å². The molecule has 0 aromatic heterocycles. The lowest BCUT2D eigenvalue weighted by molar-refractivity contribution is -0.119. The van der Waals surface area contributed by atoms with Crippen LogP contribution in [0.3, 0.4) is 0 Å². The van der Waals surface area contributed by atoms with Crippen molar-refractivity contribution < 1.29 is 33.3 Å². The van der Waals surface area contributed by atoms with Crippen molar-refractivity contribution in [2.75, 3.05) is 32.2 Å². The lowest BCUT2D eigenvalue weighted by atomic mass is 10.2. The Morgan fingerprint density at radius 2 is 1.83 bits per heavy atom. The van der Waals surface area contributed by atoms with Crippen LogP contribution in [0.1, 0.15) is 33.6 Å². The smallest absolute Gasteiger partial charge is 0.339 e. The molecule has 0 spiro atoms. The number of rotatable bonds is 8. The third-order valence-electron chi connectivity index (χ3n) is 4.49. The van der Waals surface area contributed by atoms with Gasteiger partial charge in [-0.3, -0.25) is 4.79 Å². The molecule has 1 heterocycles. The number of methoxy groups -OCH3 is 1. The van der Waals surface area contributed by atoms with Crippen molar-refractivity contribution in [2.24, 2.45) is 0 Å². The Balaban J connectivity index is 1.48. The van der Waals surface area contributed by atoms with Crippen LogP contribution in [0.5, 0.6) is 5.75 Å². The number of hydrogen-bond donors (Lipinski definition) is 1. The van der Waals surface area contributed by atoms with Gasteiger partial charge in [0, 0.05) is 6.61 Å². The molecule has 1 amide bonds. The number of amides is 1. The normalized spacial score (nSPS) is 15.3. The van der Waals surface area contributed by atoms with E-state index >= 15 is 0 Å². The average Bonchev–Trinajstić information content (AvgIpc) is 3.30. The Hall–Kier alpha value is -3.39. The first-order chi connectivity index (χ1) is 14.6. The highest BCUT2D eigenvalue weighted by Crippen LogP contribution is 2.18. The molecular weight excluding hydrogens is 390 g/mol. The average molecular weight is 413 g/mol. The summed E-state index contributed by atoms with van der Waals surface area (Å²) in [6.07, 6.45) is 2.13. The molecule has 30 heavy (non-hydrogen) atoms. The van der Waals surface area contributed by atoms with E-state index in [1.807, 2.05) is 0 Å². The minimum Gasteiger partial charge on any atom is -0.491 e. The van der Waals surface area contributed by atoms with E-state index in [4.69, 9.17) is 14.2 Å². The predicted octanol–water partition coefficient (Wildman–Crippen LogP) is 2.83. The lowest BCUT2D eigenvalue weighted by Gasteiger charge is -2.12. The summed E-state index contributed by atoms with van der Waals surface area (Å²) >= 11 is 0. The molecule has 0 bridgehead atoms. The summed E-state index contributed by atoms with van der Waals surface area (Å²) in [6.45, 7) is 0.739. The van der Waals surface area contributed by atoms with E-state index in [1.165, 1.54) is 13.2 Å². The van der Waals surface area contributed by atoms with Gasteiger partial charge in [-0.25, -0.2) is 9.59 Å². The molecule has 1 N–H and O–H groups in total. The Morgan fingerprint density at radius 1 is 1.07 bits per heavy atom. The third-order valence-corrected chi connectivity index (χ3v) is 4.49. The van der Waals surface area contributed by atoms with Crippen molar-refractivity contribution in [3.63, 3.8) is 0 Å². The fraction of sp³-hybridized carbons (Fsp3) is 0.318. The van der Waals surface area contributed by atoms with Crippen molar-refractivity contribution in [3.05, 3.63) is 59.7 Å². The van der Waals surface area contributed by atoms with Crippen LogP contribution in [-0.4, -0.2) is 50.9 Å². The van der Waals surface area contributed by atoms with Crippen LogP contribution in [0, 0.1) is 0 Å². The molecule has 0 unspecified atom stereocenters. The lowest BCUT2D eigenvalue weighted by Crippen LogP contribution is -2.22. The van der Waals surface area contributed by atoms with Gasteiger partial charge in [0.15, 0.2) is 6.61 Å². The van der Waals surface area contributed by atoms with Crippen molar-refractivity contribution in [3.8, 4) is 5.75 Å². The second kappa shape index (κ2) is 10.4. The van der Waals surface area contributed by atoms with E-state index in [9.17, 15) is 14.4 Å². The van der Waals surface area contributed by atoms with Gasteiger partial charge >= 0.3 is 11.9 Å². The Bertz CT molecular complexity index is 889. The van der Waals surface area contributed by atoms with Gasteiger partial charge in [0.2, 0.25) is 0 Å². The number of hydrogen-bond acceptors (Lipinski definition) is 7. The molecular formula is C22H23NO7. The number of para-hydroxylation sites is 1. The summed E-state index contributed by atoms with van der Waals surface area (Å²) in [5.41, 5.74) is 0.777. The van der Waals surface area contributed by atoms with Crippen LogP contribution < -0.4 is 10.1 Å². The number of esters is 2. The second-order valence-electron chi connectivity index (χ2n) is 6.63. The first-order valence-electron chi connectivity index (χ1n) is 9.55. The molecule has 1 aliphatic heterocycles. The second-order valence-corrected chi connectivity index (χ2v) is 6.63. The molecule has 2 aromatic carbocycles. The molecule has 2 aromatic rings. The summed E-state index contributed by atoms with van der Waals surface area (Å²) in [5, 5.41) is 2.54. The van der Waals surface area contributed by atoms with Gasteiger partial charge in [-0.1, -0.05) is 12.1 Å². The van der Waals surface area contributed by atoms with E-state index in [-0.39, 0.29) is 17.4 Å². The van der Waals surface area contributed by atoms with Crippen molar-refractivity contribution in [1.82, 2.24) is 0 Å². The van der Waals surface area contributed by atoms with Crippen LogP contribution in [0.25, 0.3) is 0 Å². The third kappa shape index (κ3) is 5.81. The van der Waals surface area contributed by atoms with Gasteiger partial charge in [0.05, 0.1) is 30.0 Å². The highest BCUT2D eigenvalue weighted by atomic mass is 16.5. The molecule has 1 aliphatic rings. The van der Waals surface area contributed by atoms with Crippen LogP contribution in [0.4, 0.5) is 5.69 Å². The molecule has 8 heteroatoms. The number of carbonyl (C=O) groups is 3. The number of anilines is 1. The Kier molecular flexibility index (Phi) is 7.40. The maximum Gasteiger partial charge on any atom is 0.339 e. The summed E-state index contributed by atoms with van der Waals surface area (Å²) < 4.78 is 20.9. The molecule has 1 fully saturated rings.